The quantitative estimate of drug-likeness (QED) is 0.817. The Balaban J connectivity index is 1.94. The number of carbonyl (C=O) groups is 2. The molecule has 6 nitrogen and oxygen atoms in total. The monoisotopic (exact) mass is 317 g/mol. The topological polar surface area (TPSA) is 88.8 Å². The number of benzene rings is 1. The highest BCUT2D eigenvalue weighted by atomic mass is 16.5. The lowest BCUT2D eigenvalue weighted by molar-refractivity contribution is -0.131. The first-order chi connectivity index (χ1) is 11.0. The van der Waals surface area contributed by atoms with Crippen LogP contribution in [-0.2, 0) is 22.5 Å². The number of carboxylic acid groups (broad SMARTS) is 1. The Bertz CT molecular complexity index is 678. The highest BCUT2D eigenvalue weighted by Crippen LogP contribution is 2.14. The van der Waals surface area contributed by atoms with E-state index in [2.05, 4.69) is 5.32 Å². The van der Waals surface area contributed by atoms with Gasteiger partial charge in [0.1, 0.15) is 11.9 Å². The molecule has 2 N–H and O–H groups in total. The SMILES string of the molecule is COC(Cc1ccccc1)C(=O)NCc1cc(C)c(C(=O)O)o1. The van der Waals surface area contributed by atoms with Crippen molar-refractivity contribution < 1.29 is 23.8 Å². The second kappa shape index (κ2) is 7.60. The predicted molar refractivity (Wildman–Crippen MR) is 83.2 cm³/mol. The number of aryl methyl sites for hydroxylation is 1. The summed E-state index contributed by atoms with van der Waals surface area (Å²) < 4.78 is 10.4. The van der Waals surface area contributed by atoms with E-state index in [-0.39, 0.29) is 18.2 Å². The van der Waals surface area contributed by atoms with E-state index in [1.54, 1.807) is 13.0 Å². The number of amides is 1. The van der Waals surface area contributed by atoms with Crippen molar-refractivity contribution in [2.75, 3.05) is 7.11 Å². The van der Waals surface area contributed by atoms with E-state index < -0.39 is 12.1 Å². The zero-order valence-corrected chi connectivity index (χ0v) is 13.0. The second-order valence-electron chi connectivity index (χ2n) is 5.16. The van der Waals surface area contributed by atoms with Gasteiger partial charge in [-0.3, -0.25) is 4.79 Å². The fourth-order valence-electron chi connectivity index (χ4n) is 2.25. The number of methoxy groups -OCH3 is 1. The second-order valence-corrected chi connectivity index (χ2v) is 5.16. The molecule has 2 rings (SSSR count). The van der Waals surface area contributed by atoms with Crippen molar-refractivity contribution in [1.82, 2.24) is 5.32 Å². The van der Waals surface area contributed by atoms with Gasteiger partial charge >= 0.3 is 5.97 Å². The molecule has 6 heteroatoms. The van der Waals surface area contributed by atoms with Gasteiger partial charge in [0.2, 0.25) is 11.7 Å². The van der Waals surface area contributed by atoms with Crippen LogP contribution < -0.4 is 5.32 Å². The van der Waals surface area contributed by atoms with E-state index in [0.717, 1.165) is 5.56 Å². The molecular formula is C17H19NO5. The molecule has 0 radical (unpaired) electrons. The first-order valence-electron chi connectivity index (χ1n) is 7.18. The summed E-state index contributed by atoms with van der Waals surface area (Å²) in [6.45, 7) is 1.76. The molecule has 1 aromatic heterocycles. The third kappa shape index (κ3) is 4.43. The van der Waals surface area contributed by atoms with Crippen molar-refractivity contribution in [3.05, 3.63) is 59.0 Å². The molecule has 0 aliphatic rings. The van der Waals surface area contributed by atoms with Crippen LogP contribution in [0.25, 0.3) is 0 Å². The van der Waals surface area contributed by atoms with Gasteiger partial charge < -0.3 is 19.6 Å². The molecule has 0 fully saturated rings. The Hall–Kier alpha value is -2.60. The number of furan rings is 1. The maximum Gasteiger partial charge on any atom is 0.372 e. The number of rotatable bonds is 7. The minimum Gasteiger partial charge on any atom is -0.475 e. The van der Waals surface area contributed by atoms with Crippen LogP contribution in [0.1, 0.15) is 27.4 Å². The molecule has 122 valence electrons. The van der Waals surface area contributed by atoms with Crippen LogP contribution in [0, 0.1) is 6.92 Å². The number of carbonyl (C=O) groups excluding carboxylic acids is 1. The van der Waals surface area contributed by atoms with Gasteiger partial charge in [0, 0.05) is 19.1 Å². The van der Waals surface area contributed by atoms with Crippen molar-refractivity contribution in [1.29, 1.82) is 0 Å². The molecule has 0 saturated heterocycles. The van der Waals surface area contributed by atoms with E-state index in [1.165, 1.54) is 7.11 Å². The zero-order chi connectivity index (χ0) is 16.8. The molecule has 1 atom stereocenters. The van der Waals surface area contributed by atoms with Gasteiger partial charge in [-0.2, -0.15) is 0 Å². The van der Waals surface area contributed by atoms with Gasteiger partial charge in [-0.05, 0) is 18.6 Å². The zero-order valence-electron chi connectivity index (χ0n) is 13.0. The summed E-state index contributed by atoms with van der Waals surface area (Å²) in [6, 6.07) is 11.2. The molecule has 2 aromatic rings. The molecule has 1 heterocycles. The molecular weight excluding hydrogens is 298 g/mol. The molecule has 23 heavy (non-hydrogen) atoms. The summed E-state index contributed by atoms with van der Waals surface area (Å²) in [6.07, 6.45) is -0.159. The third-order valence-electron chi connectivity index (χ3n) is 3.44. The minimum atomic E-state index is -1.13. The molecule has 1 unspecified atom stereocenters. The highest BCUT2D eigenvalue weighted by molar-refractivity contribution is 5.86. The normalized spacial score (nSPS) is 11.9. The molecule has 0 aliphatic heterocycles. The van der Waals surface area contributed by atoms with Crippen molar-refractivity contribution in [3.8, 4) is 0 Å². The smallest absolute Gasteiger partial charge is 0.372 e. The first kappa shape index (κ1) is 16.8. The molecule has 0 bridgehead atoms. The van der Waals surface area contributed by atoms with E-state index in [4.69, 9.17) is 14.3 Å². The minimum absolute atomic E-state index is 0.109. The van der Waals surface area contributed by atoms with Crippen molar-refractivity contribution in [3.63, 3.8) is 0 Å². The first-order valence-corrected chi connectivity index (χ1v) is 7.18. The van der Waals surface area contributed by atoms with Crippen LogP contribution in [0.4, 0.5) is 0 Å². The van der Waals surface area contributed by atoms with E-state index in [9.17, 15) is 9.59 Å². The van der Waals surface area contributed by atoms with Gasteiger partial charge in [0.15, 0.2) is 0 Å². The van der Waals surface area contributed by atoms with Crippen LogP contribution in [0.15, 0.2) is 40.8 Å². The Morgan fingerprint density at radius 1 is 1.30 bits per heavy atom. The highest BCUT2D eigenvalue weighted by Gasteiger charge is 2.19. The van der Waals surface area contributed by atoms with E-state index in [0.29, 0.717) is 17.7 Å². The van der Waals surface area contributed by atoms with Gasteiger partial charge in [0.25, 0.3) is 0 Å². The third-order valence-corrected chi connectivity index (χ3v) is 3.44. The largest absolute Gasteiger partial charge is 0.475 e. The Kier molecular flexibility index (Phi) is 5.54. The summed E-state index contributed by atoms with van der Waals surface area (Å²) in [5.41, 5.74) is 1.52. The summed E-state index contributed by atoms with van der Waals surface area (Å²) in [5.74, 6) is -1.12. The number of hydrogen-bond donors (Lipinski definition) is 2. The van der Waals surface area contributed by atoms with Gasteiger partial charge in [0.05, 0.1) is 6.54 Å². The van der Waals surface area contributed by atoms with E-state index in [1.807, 2.05) is 30.3 Å². The van der Waals surface area contributed by atoms with Crippen LogP contribution in [0.3, 0.4) is 0 Å². The van der Waals surface area contributed by atoms with Crippen LogP contribution in [-0.4, -0.2) is 30.2 Å². The average molecular weight is 317 g/mol. The molecule has 0 spiro atoms. The van der Waals surface area contributed by atoms with Gasteiger partial charge in [-0.15, -0.1) is 0 Å². The summed E-state index contributed by atoms with van der Waals surface area (Å²) in [4.78, 5) is 23.1. The predicted octanol–water partition coefficient (Wildman–Crippen LogP) is 2.16. The van der Waals surface area contributed by atoms with E-state index >= 15 is 0 Å². The summed E-state index contributed by atoms with van der Waals surface area (Å²) in [7, 11) is 1.48. The Morgan fingerprint density at radius 2 is 2.00 bits per heavy atom. The van der Waals surface area contributed by atoms with Gasteiger partial charge in [-0.25, -0.2) is 4.79 Å². The number of aromatic carboxylic acids is 1. The number of carboxylic acids is 1. The average Bonchev–Trinajstić information content (AvgIpc) is 2.92. The number of nitrogens with one attached hydrogen (secondary N) is 1. The van der Waals surface area contributed by atoms with Crippen molar-refractivity contribution in [2.24, 2.45) is 0 Å². The molecule has 1 aromatic carbocycles. The molecule has 1 amide bonds. The van der Waals surface area contributed by atoms with Crippen molar-refractivity contribution in [2.45, 2.75) is 26.0 Å². The van der Waals surface area contributed by atoms with Crippen molar-refractivity contribution >= 4 is 11.9 Å². The fourth-order valence-corrected chi connectivity index (χ4v) is 2.25. The van der Waals surface area contributed by atoms with Gasteiger partial charge in [-0.1, -0.05) is 30.3 Å². The summed E-state index contributed by atoms with van der Waals surface area (Å²) in [5, 5.41) is 11.6. The number of hydrogen-bond acceptors (Lipinski definition) is 4. The van der Waals surface area contributed by atoms with Crippen LogP contribution >= 0.6 is 0 Å². The number of ether oxygens (including phenoxy) is 1. The maximum absolute atomic E-state index is 12.2. The Labute approximate surface area is 134 Å². The lowest BCUT2D eigenvalue weighted by Gasteiger charge is -2.14. The van der Waals surface area contributed by atoms with Crippen LogP contribution in [0.2, 0.25) is 0 Å². The fraction of sp³-hybridized carbons (Fsp3) is 0.294. The maximum atomic E-state index is 12.2. The Morgan fingerprint density at radius 3 is 2.57 bits per heavy atom. The summed E-state index contributed by atoms with van der Waals surface area (Å²) >= 11 is 0. The standard InChI is InChI=1S/C17H19NO5/c1-11-8-13(23-15(11)17(20)21)10-18-16(19)14(22-2)9-12-6-4-3-5-7-12/h3-8,14H,9-10H2,1-2H3,(H,18,19)(H,20,21). The van der Waals surface area contributed by atoms with Crippen LogP contribution in [0.5, 0.6) is 0 Å². The lowest BCUT2D eigenvalue weighted by atomic mass is 10.1. The molecule has 0 saturated carbocycles. The molecule has 0 aliphatic carbocycles. The lowest BCUT2D eigenvalue weighted by Crippen LogP contribution is -2.36.